The minimum atomic E-state index is -0.363. The molecular formula is C18H20N2O5. The molecule has 0 radical (unpaired) electrons. The molecule has 0 heterocycles. The van der Waals surface area contributed by atoms with E-state index in [0.29, 0.717) is 28.6 Å². The largest absolute Gasteiger partial charge is 0.493 e. The third-order valence-corrected chi connectivity index (χ3v) is 3.43. The number of nitrogens with zero attached hydrogens (tertiary/aromatic N) is 1. The fourth-order valence-corrected chi connectivity index (χ4v) is 2.14. The Morgan fingerprint density at radius 1 is 0.840 bits per heavy atom. The van der Waals surface area contributed by atoms with Crippen LogP contribution in [-0.2, 0) is 0 Å². The van der Waals surface area contributed by atoms with Crippen LogP contribution in [-0.4, -0.2) is 40.6 Å². The molecule has 0 saturated carbocycles. The number of amides is 1. The molecule has 0 aromatic heterocycles. The summed E-state index contributed by atoms with van der Waals surface area (Å²) in [5.74, 6) is 1.86. The zero-order valence-electron chi connectivity index (χ0n) is 14.5. The Morgan fingerprint density at radius 3 is 2.00 bits per heavy atom. The Morgan fingerprint density at radius 2 is 1.40 bits per heavy atom. The van der Waals surface area contributed by atoms with Crippen molar-refractivity contribution in [3.8, 4) is 23.0 Å². The number of hydrazone groups is 1. The van der Waals surface area contributed by atoms with Gasteiger partial charge in [0.2, 0.25) is 0 Å². The lowest BCUT2D eigenvalue weighted by Gasteiger charge is -2.09. The van der Waals surface area contributed by atoms with Gasteiger partial charge in [0.1, 0.15) is 0 Å². The van der Waals surface area contributed by atoms with E-state index in [1.165, 1.54) is 20.4 Å². The van der Waals surface area contributed by atoms with Gasteiger partial charge in [-0.15, -0.1) is 0 Å². The molecule has 1 amide bonds. The number of rotatable bonds is 7. The van der Waals surface area contributed by atoms with E-state index in [1.807, 2.05) is 0 Å². The van der Waals surface area contributed by atoms with Gasteiger partial charge in [-0.2, -0.15) is 5.10 Å². The first kappa shape index (κ1) is 18.1. The molecule has 0 aliphatic carbocycles. The van der Waals surface area contributed by atoms with Crippen molar-refractivity contribution in [1.29, 1.82) is 0 Å². The van der Waals surface area contributed by atoms with Crippen molar-refractivity contribution in [1.82, 2.24) is 5.43 Å². The molecule has 1 N–H and O–H groups in total. The number of hydrogen-bond acceptors (Lipinski definition) is 6. The third kappa shape index (κ3) is 4.41. The van der Waals surface area contributed by atoms with Crippen molar-refractivity contribution in [2.75, 3.05) is 28.4 Å². The normalized spacial score (nSPS) is 10.4. The Kier molecular flexibility index (Phi) is 6.22. The monoisotopic (exact) mass is 344 g/mol. The Balaban J connectivity index is 2.08. The highest BCUT2D eigenvalue weighted by molar-refractivity contribution is 5.95. The van der Waals surface area contributed by atoms with Gasteiger partial charge in [-0.25, -0.2) is 5.43 Å². The molecule has 0 aliphatic heterocycles. The number of carbonyl (C=O) groups excluding carboxylic acids is 1. The minimum absolute atomic E-state index is 0.363. The number of methoxy groups -OCH3 is 4. The molecule has 132 valence electrons. The molecule has 2 aromatic carbocycles. The highest BCUT2D eigenvalue weighted by atomic mass is 16.5. The smallest absolute Gasteiger partial charge is 0.271 e. The summed E-state index contributed by atoms with van der Waals surface area (Å²) in [6.45, 7) is 0. The standard InChI is InChI=1S/C18H20N2O5/c1-22-14-7-5-12(9-16(14)24-3)11-19-20-18(21)13-6-8-15(23-2)17(10-13)25-4/h5-11H,1-4H3,(H,20,21)/b19-11+. The average Bonchev–Trinajstić information content (AvgIpc) is 2.66. The zero-order valence-corrected chi connectivity index (χ0v) is 14.5. The van der Waals surface area contributed by atoms with Crippen molar-refractivity contribution in [2.45, 2.75) is 0 Å². The van der Waals surface area contributed by atoms with Crippen molar-refractivity contribution < 1.29 is 23.7 Å². The van der Waals surface area contributed by atoms with Crippen LogP contribution in [0.4, 0.5) is 0 Å². The molecular weight excluding hydrogens is 324 g/mol. The highest BCUT2D eigenvalue weighted by Gasteiger charge is 2.10. The van der Waals surface area contributed by atoms with Gasteiger partial charge in [0.05, 0.1) is 34.7 Å². The maximum absolute atomic E-state index is 12.2. The number of hydrogen-bond donors (Lipinski definition) is 1. The molecule has 0 saturated heterocycles. The van der Waals surface area contributed by atoms with Gasteiger partial charge in [-0.05, 0) is 42.0 Å². The van der Waals surface area contributed by atoms with Crippen molar-refractivity contribution in [3.63, 3.8) is 0 Å². The van der Waals surface area contributed by atoms with E-state index in [1.54, 1.807) is 50.6 Å². The van der Waals surface area contributed by atoms with Gasteiger partial charge in [-0.3, -0.25) is 4.79 Å². The molecule has 0 aliphatic rings. The molecule has 0 spiro atoms. The molecule has 25 heavy (non-hydrogen) atoms. The second-order valence-electron chi connectivity index (χ2n) is 4.88. The summed E-state index contributed by atoms with van der Waals surface area (Å²) in [4.78, 5) is 12.2. The molecule has 0 atom stereocenters. The third-order valence-electron chi connectivity index (χ3n) is 3.43. The van der Waals surface area contributed by atoms with Gasteiger partial charge >= 0.3 is 0 Å². The predicted octanol–water partition coefficient (Wildman–Crippen LogP) is 2.48. The van der Waals surface area contributed by atoms with Gasteiger partial charge in [0, 0.05) is 5.56 Å². The first-order chi connectivity index (χ1) is 12.1. The molecule has 0 unspecified atom stereocenters. The average molecular weight is 344 g/mol. The molecule has 0 bridgehead atoms. The lowest BCUT2D eigenvalue weighted by Crippen LogP contribution is -2.17. The van der Waals surface area contributed by atoms with Gasteiger partial charge in [0.15, 0.2) is 23.0 Å². The summed E-state index contributed by atoms with van der Waals surface area (Å²) in [7, 11) is 6.16. The Labute approximate surface area is 146 Å². The predicted molar refractivity (Wildman–Crippen MR) is 94.2 cm³/mol. The van der Waals surface area contributed by atoms with Gasteiger partial charge < -0.3 is 18.9 Å². The summed E-state index contributed by atoms with van der Waals surface area (Å²) >= 11 is 0. The summed E-state index contributed by atoms with van der Waals surface area (Å²) in [5, 5.41) is 3.95. The van der Waals surface area contributed by atoms with E-state index in [-0.39, 0.29) is 5.91 Å². The minimum Gasteiger partial charge on any atom is -0.493 e. The molecule has 0 fully saturated rings. The van der Waals surface area contributed by atoms with E-state index in [0.717, 1.165) is 5.56 Å². The van der Waals surface area contributed by atoms with Crippen LogP contribution < -0.4 is 24.4 Å². The zero-order chi connectivity index (χ0) is 18.2. The Hall–Kier alpha value is -3.22. The maximum atomic E-state index is 12.2. The number of nitrogens with one attached hydrogen (secondary N) is 1. The van der Waals surface area contributed by atoms with E-state index >= 15 is 0 Å². The number of ether oxygens (including phenoxy) is 4. The Bertz CT molecular complexity index is 774. The highest BCUT2D eigenvalue weighted by Crippen LogP contribution is 2.28. The fraction of sp³-hybridized carbons (Fsp3) is 0.222. The first-order valence-electron chi connectivity index (χ1n) is 7.40. The van der Waals surface area contributed by atoms with E-state index < -0.39 is 0 Å². The second-order valence-corrected chi connectivity index (χ2v) is 4.88. The lowest BCUT2D eigenvalue weighted by atomic mass is 10.2. The van der Waals surface area contributed by atoms with E-state index in [4.69, 9.17) is 18.9 Å². The lowest BCUT2D eigenvalue weighted by molar-refractivity contribution is 0.0954. The van der Waals surface area contributed by atoms with Crippen LogP contribution in [0.15, 0.2) is 41.5 Å². The topological polar surface area (TPSA) is 78.4 Å². The van der Waals surface area contributed by atoms with Crippen LogP contribution in [0.25, 0.3) is 0 Å². The van der Waals surface area contributed by atoms with Crippen LogP contribution in [0.1, 0.15) is 15.9 Å². The van der Waals surface area contributed by atoms with Crippen molar-refractivity contribution in [2.24, 2.45) is 5.10 Å². The van der Waals surface area contributed by atoms with Crippen LogP contribution in [0.5, 0.6) is 23.0 Å². The summed E-state index contributed by atoms with van der Waals surface area (Å²) < 4.78 is 20.7. The summed E-state index contributed by atoms with van der Waals surface area (Å²) in [6, 6.07) is 10.2. The second kappa shape index (κ2) is 8.58. The van der Waals surface area contributed by atoms with E-state index in [2.05, 4.69) is 10.5 Å². The van der Waals surface area contributed by atoms with Gasteiger partial charge in [-0.1, -0.05) is 0 Å². The fourth-order valence-electron chi connectivity index (χ4n) is 2.14. The van der Waals surface area contributed by atoms with Crippen LogP contribution in [0, 0.1) is 0 Å². The van der Waals surface area contributed by atoms with E-state index in [9.17, 15) is 4.79 Å². The van der Waals surface area contributed by atoms with Crippen LogP contribution >= 0.6 is 0 Å². The molecule has 7 heteroatoms. The van der Waals surface area contributed by atoms with Gasteiger partial charge in [0.25, 0.3) is 5.91 Å². The quantitative estimate of drug-likeness (QED) is 0.617. The van der Waals surface area contributed by atoms with Crippen LogP contribution in [0.3, 0.4) is 0 Å². The molecule has 2 aromatic rings. The number of carbonyl (C=O) groups is 1. The summed E-state index contributed by atoms with van der Waals surface area (Å²) in [6.07, 6.45) is 1.51. The maximum Gasteiger partial charge on any atom is 0.271 e. The van der Waals surface area contributed by atoms with Crippen molar-refractivity contribution >= 4 is 12.1 Å². The molecule has 2 rings (SSSR count). The number of benzene rings is 2. The SMILES string of the molecule is COc1ccc(/C=N/NC(=O)c2ccc(OC)c(OC)c2)cc1OC. The molecule has 7 nitrogen and oxygen atoms in total. The summed E-state index contributed by atoms with van der Waals surface area (Å²) in [5.41, 5.74) is 3.62. The first-order valence-corrected chi connectivity index (χ1v) is 7.40. The van der Waals surface area contributed by atoms with Crippen LogP contribution in [0.2, 0.25) is 0 Å². The van der Waals surface area contributed by atoms with Crippen molar-refractivity contribution in [3.05, 3.63) is 47.5 Å².